The summed E-state index contributed by atoms with van der Waals surface area (Å²) >= 11 is 8.12. The molecule has 176 valence electrons. The van der Waals surface area contributed by atoms with E-state index >= 15 is 0 Å². The average Bonchev–Trinajstić information content (AvgIpc) is 3.24. The highest BCUT2D eigenvalue weighted by Crippen LogP contribution is 2.41. The van der Waals surface area contributed by atoms with Crippen LogP contribution in [-0.4, -0.2) is 37.3 Å². The number of aliphatic carboxylic acids is 1. The topological polar surface area (TPSA) is 106 Å². The maximum Gasteiger partial charge on any atom is 0.313 e. The normalized spacial score (nSPS) is 11.5. The fraction of sp³-hybridized carbons (Fsp3) is 0.0870. The van der Waals surface area contributed by atoms with Crippen LogP contribution in [0.5, 0.6) is 17.2 Å². The Kier molecular flexibility index (Phi) is 7.27. The third-order valence-corrected chi connectivity index (χ3v) is 8.78. The summed E-state index contributed by atoms with van der Waals surface area (Å²) in [5.41, 5.74) is 0.651. The molecule has 0 aliphatic heterocycles. The number of aromatic amines is 1. The van der Waals surface area contributed by atoms with Crippen molar-refractivity contribution in [3.63, 3.8) is 0 Å². The molecule has 4 rings (SSSR count). The highest BCUT2D eigenvalue weighted by Gasteiger charge is 2.22. The molecule has 0 spiro atoms. The lowest BCUT2D eigenvalue weighted by Gasteiger charge is -2.12. The van der Waals surface area contributed by atoms with Gasteiger partial charge in [-0.3, -0.25) is 4.79 Å². The monoisotopic (exact) mass is 625 g/mol. The van der Waals surface area contributed by atoms with Gasteiger partial charge in [0, 0.05) is 22.0 Å². The average molecular weight is 627 g/mol. The number of sulfone groups is 1. The molecule has 3 aromatic carbocycles. The number of benzene rings is 3. The minimum absolute atomic E-state index is 0.0608. The fourth-order valence-electron chi connectivity index (χ4n) is 3.22. The Hall–Kier alpha value is -2.47. The number of hydrogen-bond acceptors (Lipinski definition) is 6. The van der Waals surface area contributed by atoms with Crippen molar-refractivity contribution in [2.45, 2.75) is 14.7 Å². The van der Waals surface area contributed by atoms with Crippen LogP contribution in [0.15, 0.2) is 84.4 Å². The molecule has 0 unspecified atom stereocenters. The largest absolute Gasteiger partial charge is 0.497 e. The first kappa shape index (κ1) is 24.6. The number of halogens is 2. The van der Waals surface area contributed by atoms with Crippen LogP contribution in [0.3, 0.4) is 0 Å². The molecule has 0 radical (unpaired) electrons. The van der Waals surface area contributed by atoms with Crippen molar-refractivity contribution in [1.82, 2.24) is 4.98 Å². The van der Waals surface area contributed by atoms with Gasteiger partial charge < -0.3 is 19.6 Å². The van der Waals surface area contributed by atoms with E-state index < -0.39 is 15.8 Å². The second-order valence-corrected chi connectivity index (χ2v) is 11.7. The second-order valence-electron chi connectivity index (χ2n) is 7.04. The van der Waals surface area contributed by atoms with Gasteiger partial charge >= 0.3 is 5.97 Å². The van der Waals surface area contributed by atoms with Crippen molar-refractivity contribution >= 4 is 70.3 Å². The summed E-state index contributed by atoms with van der Waals surface area (Å²) in [6.45, 7) is 0. The van der Waals surface area contributed by atoms with Gasteiger partial charge in [0.05, 0.1) is 31.6 Å². The van der Waals surface area contributed by atoms with Crippen LogP contribution in [0.4, 0.5) is 0 Å². The summed E-state index contributed by atoms with van der Waals surface area (Å²) in [6, 6.07) is 14.9. The molecule has 4 aromatic rings. The number of rotatable bonds is 8. The first-order chi connectivity index (χ1) is 16.2. The molecule has 0 saturated heterocycles. The SMILES string of the molecule is COc1ccc(S(=O)(=O)c2c[nH]c3ccc(Oc4c(Br)cc(SCC(=O)O)cc4Br)cc23)cc1. The molecule has 0 aliphatic rings. The number of thioether (sulfide) groups is 1. The molecule has 1 aromatic heterocycles. The lowest BCUT2D eigenvalue weighted by Crippen LogP contribution is -2.01. The van der Waals surface area contributed by atoms with Gasteiger partial charge in [0.25, 0.3) is 0 Å². The summed E-state index contributed by atoms with van der Waals surface area (Å²) in [5.74, 6) is 0.518. The van der Waals surface area contributed by atoms with Gasteiger partial charge in [-0.1, -0.05) is 0 Å². The predicted molar refractivity (Wildman–Crippen MR) is 137 cm³/mol. The van der Waals surface area contributed by atoms with Crippen molar-refractivity contribution in [3.05, 3.63) is 69.7 Å². The Morgan fingerprint density at radius 2 is 1.68 bits per heavy atom. The summed E-state index contributed by atoms with van der Waals surface area (Å²) < 4.78 is 39.0. The number of ether oxygens (including phenoxy) is 2. The molecule has 0 bridgehead atoms. The number of aromatic nitrogens is 1. The van der Waals surface area contributed by atoms with Gasteiger partial charge in [0.2, 0.25) is 9.84 Å². The number of nitrogens with one attached hydrogen (secondary N) is 1. The third kappa shape index (κ3) is 5.12. The van der Waals surface area contributed by atoms with Gasteiger partial charge in [-0.2, -0.15) is 0 Å². The zero-order chi connectivity index (χ0) is 24.5. The fourth-order valence-corrected chi connectivity index (χ4v) is 6.99. The predicted octanol–water partition coefficient (Wildman–Crippen LogP) is 6.50. The maximum absolute atomic E-state index is 13.3. The lowest BCUT2D eigenvalue weighted by molar-refractivity contribution is -0.133. The van der Waals surface area contributed by atoms with Crippen LogP contribution >= 0.6 is 43.6 Å². The van der Waals surface area contributed by atoms with Crippen LogP contribution in [0.1, 0.15) is 0 Å². The number of H-pyrrole nitrogens is 1. The number of hydrogen-bond donors (Lipinski definition) is 2. The van der Waals surface area contributed by atoms with Crippen LogP contribution < -0.4 is 9.47 Å². The molecular weight excluding hydrogens is 610 g/mol. The zero-order valence-corrected chi connectivity index (χ0v) is 22.3. The van der Waals surface area contributed by atoms with Crippen molar-refractivity contribution in [1.29, 1.82) is 0 Å². The summed E-state index contributed by atoms with van der Waals surface area (Å²) in [6.07, 6.45) is 1.47. The van der Waals surface area contributed by atoms with Crippen LogP contribution in [0, 0.1) is 0 Å². The molecule has 34 heavy (non-hydrogen) atoms. The number of fused-ring (bicyclic) bond motifs is 1. The van der Waals surface area contributed by atoms with Gasteiger partial charge in [-0.05, 0) is 86.5 Å². The minimum atomic E-state index is -3.78. The van der Waals surface area contributed by atoms with Gasteiger partial charge in [0.1, 0.15) is 11.5 Å². The Bertz CT molecular complexity index is 1460. The Labute approximate surface area is 216 Å². The molecule has 11 heteroatoms. The van der Waals surface area contributed by atoms with Gasteiger partial charge in [-0.15, -0.1) is 11.8 Å². The van der Waals surface area contributed by atoms with E-state index in [1.165, 1.54) is 37.2 Å². The van der Waals surface area contributed by atoms with E-state index in [1.807, 2.05) is 0 Å². The molecule has 0 aliphatic carbocycles. The summed E-state index contributed by atoms with van der Waals surface area (Å²) in [7, 11) is -2.27. The molecule has 1 heterocycles. The van der Waals surface area contributed by atoms with Crippen LogP contribution in [0.2, 0.25) is 0 Å². The Morgan fingerprint density at radius 1 is 1.03 bits per heavy atom. The molecule has 0 saturated carbocycles. The summed E-state index contributed by atoms with van der Waals surface area (Å²) in [4.78, 5) is 14.9. The lowest BCUT2D eigenvalue weighted by atomic mass is 10.2. The molecular formula is C23H17Br2NO6S2. The van der Waals surface area contributed by atoms with E-state index in [9.17, 15) is 13.2 Å². The van der Waals surface area contributed by atoms with Crippen molar-refractivity contribution in [2.24, 2.45) is 0 Å². The minimum Gasteiger partial charge on any atom is -0.497 e. The standard InChI is InChI=1S/C23H17Br2NO6S2/c1-31-13-2-5-16(6-3-13)34(29,30)21-11-26-20-7-4-14(8-17(20)21)32-23-18(24)9-15(10-19(23)25)33-12-22(27)28/h2-11,26H,12H2,1H3,(H,27,28). The van der Waals surface area contributed by atoms with Crippen molar-refractivity contribution < 1.29 is 27.8 Å². The Balaban J connectivity index is 1.67. The number of methoxy groups -OCH3 is 1. The first-order valence-corrected chi connectivity index (χ1v) is 13.8. The van der Waals surface area contributed by atoms with Crippen LogP contribution in [0.25, 0.3) is 10.9 Å². The molecule has 0 atom stereocenters. The maximum atomic E-state index is 13.3. The second kappa shape index (κ2) is 10.0. The van der Waals surface area contributed by atoms with Crippen molar-refractivity contribution in [2.75, 3.05) is 12.9 Å². The van der Waals surface area contributed by atoms with E-state index in [0.717, 1.165) is 4.90 Å². The molecule has 0 amide bonds. The van der Waals surface area contributed by atoms with Crippen molar-refractivity contribution in [3.8, 4) is 17.2 Å². The smallest absolute Gasteiger partial charge is 0.313 e. The number of carboxylic acids is 1. The van der Waals surface area contributed by atoms with Gasteiger partial charge in [-0.25, -0.2) is 8.42 Å². The molecule has 0 fully saturated rings. The van der Waals surface area contributed by atoms with E-state index in [4.69, 9.17) is 14.6 Å². The first-order valence-electron chi connectivity index (χ1n) is 9.71. The summed E-state index contributed by atoms with van der Waals surface area (Å²) in [5, 5.41) is 9.38. The quantitative estimate of drug-likeness (QED) is 0.215. The van der Waals surface area contributed by atoms with E-state index in [0.29, 0.717) is 37.1 Å². The number of carboxylic acid groups (broad SMARTS) is 1. The third-order valence-electron chi connectivity index (χ3n) is 4.83. The molecule has 7 nitrogen and oxygen atoms in total. The molecule has 2 N–H and O–H groups in total. The highest BCUT2D eigenvalue weighted by molar-refractivity contribution is 9.11. The van der Waals surface area contributed by atoms with Gasteiger partial charge in [0.15, 0.2) is 5.75 Å². The zero-order valence-electron chi connectivity index (χ0n) is 17.5. The number of carbonyl (C=O) groups is 1. The Morgan fingerprint density at radius 3 is 2.29 bits per heavy atom. The van der Waals surface area contributed by atoms with Crippen LogP contribution in [-0.2, 0) is 14.6 Å². The van der Waals surface area contributed by atoms with E-state index in [1.54, 1.807) is 42.5 Å². The highest BCUT2D eigenvalue weighted by atomic mass is 79.9. The van der Waals surface area contributed by atoms with E-state index in [2.05, 4.69) is 36.8 Å². The van der Waals surface area contributed by atoms with E-state index in [-0.39, 0.29) is 15.5 Å².